The average Bonchev–Trinajstić information content (AvgIpc) is 2.35. The standard InChI is InChI=1S/C10H15Cl/c1-6-7-4-8(9(11)5-7)10(6,2)3/h7-9H,1,4-5H2,2-3H3/t7-,8-,9+/m1/s1. The van der Waals surface area contributed by atoms with Crippen LogP contribution in [0.2, 0.25) is 0 Å². The van der Waals surface area contributed by atoms with Gasteiger partial charge in [0.1, 0.15) is 0 Å². The molecule has 0 nitrogen and oxygen atoms in total. The summed E-state index contributed by atoms with van der Waals surface area (Å²) < 4.78 is 0. The molecule has 2 aliphatic carbocycles. The third-order valence-corrected chi connectivity index (χ3v) is 4.21. The van der Waals surface area contributed by atoms with E-state index in [1.807, 2.05) is 0 Å². The Morgan fingerprint density at radius 2 is 2.09 bits per heavy atom. The minimum Gasteiger partial charge on any atom is -0.123 e. The van der Waals surface area contributed by atoms with Crippen molar-refractivity contribution in [3.63, 3.8) is 0 Å². The first-order valence-electron chi connectivity index (χ1n) is 4.37. The maximum atomic E-state index is 6.22. The molecular formula is C10H15Cl. The third-order valence-electron chi connectivity index (χ3n) is 3.73. The van der Waals surface area contributed by atoms with Gasteiger partial charge in [-0.05, 0) is 30.1 Å². The molecule has 62 valence electrons. The predicted octanol–water partition coefficient (Wildman–Crippen LogP) is 3.22. The molecule has 0 radical (unpaired) electrons. The zero-order chi connectivity index (χ0) is 8.22. The Balaban J connectivity index is 2.34. The molecule has 2 aliphatic rings. The van der Waals surface area contributed by atoms with Crippen molar-refractivity contribution in [3.8, 4) is 0 Å². The quantitative estimate of drug-likeness (QED) is 0.387. The second-order valence-electron chi connectivity index (χ2n) is 4.54. The van der Waals surface area contributed by atoms with Crippen molar-refractivity contribution in [1.82, 2.24) is 0 Å². The van der Waals surface area contributed by atoms with E-state index in [0.717, 1.165) is 5.92 Å². The van der Waals surface area contributed by atoms with E-state index >= 15 is 0 Å². The molecule has 0 aliphatic heterocycles. The van der Waals surface area contributed by atoms with Gasteiger partial charge in [0.25, 0.3) is 0 Å². The molecule has 1 heteroatoms. The summed E-state index contributed by atoms with van der Waals surface area (Å²) in [5, 5.41) is 0.417. The molecule has 2 fully saturated rings. The maximum Gasteiger partial charge on any atom is 0.0378 e. The Morgan fingerprint density at radius 3 is 2.45 bits per heavy atom. The Morgan fingerprint density at radius 1 is 1.45 bits per heavy atom. The lowest BCUT2D eigenvalue weighted by Crippen LogP contribution is -2.29. The normalized spacial score (nSPS) is 46.8. The van der Waals surface area contributed by atoms with Gasteiger partial charge < -0.3 is 0 Å². The van der Waals surface area contributed by atoms with Gasteiger partial charge in [-0.3, -0.25) is 0 Å². The topological polar surface area (TPSA) is 0 Å². The van der Waals surface area contributed by atoms with E-state index in [4.69, 9.17) is 11.6 Å². The highest BCUT2D eigenvalue weighted by Gasteiger charge is 2.52. The zero-order valence-corrected chi connectivity index (χ0v) is 7.99. The van der Waals surface area contributed by atoms with Gasteiger partial charge in [-0.25, -0.2) is 0 Å². The summed E-state index contributed by atoms with van der Waals surface area (Å²) in [4.78, 5) is 0. The minimum atomic E-state index is 0.315. The van der Waals surface area contributed by atoms with Gasteiger partial charge in [-0.15, -0.1) is 11.6 Å². The fourth-order valence-corrected chi connectivity index (χ4v) is 3.41. The Labute approximate surface area is 73.6 Å². The number of halogens is 1. The Kier molecular flexibility index (Phi) is 1.42. The summed E-state index contributed by atoms with van der Waals surface area (Å²) in [5.74, 6) is 1.43. The molecule has 2 rings (SSSR count). The fraction of sp³-hybridized carbons (Fsp3) is 0.800. The van der Waals surface area contributed by atoms with E-state index < -0.39 is 0 Å². The number of allylic oxidation sites excluding steroid dienone is 1. The van der Waals surface area contributed by atoms with E-state index in [1.54, 1.807) is 0 Å². The lowest BCUT2D eigenvalue weighted by Gasteiger charge is -2.34. The van der Waals surface area contributed by atoms with Crippen molar-refractivity contribution in [2.75, 3.05) is 0 Å². The molecule has 11 heavy (non-hydrogen) atoms. The highest BCUT2D eigenvalue weighted by atomic mass is 35.5. The minimum absolute atomic E-state index is 0.315. The van der Waals surface area contributed by atoms with Gasteiger partial charge in [0, 0.05) is 5.38 Å². The average molecular weight is 171 g/mol. The number of rotatable bonds is 0. The van der Waals surface area contributed by atoms with Crippen molar-refractivity contribution in [3.05, 3.63) is 12.2 Å². The van der Waals surface area contributed by atoms with Gasteiger partial charge >= 0.3 is 0 Å². The number of hydrogen-bond acceptors (Lipinski definition) is 0. The molecule has 0 spiro atoms. The molecule has 2 bridgehead atoms. The van der Waals surface area contributed by atoms with Gasteiger partial charge in [0.2, 0.25) is 0 Å². The number of hydrogen-bond donors (Lipinski definition) is 0. The molecular weight excluding hydrogens is 156 g/mol. The smallest absolute Gasteiger partial charge is 0.0378 e. The van der Waals surface area contributed by atoms with Crippen LogP contribution in [0.15, 0.2) is 12.2 Å². The first-order chi connectivity index (χ1) is 5.03. The van der Waals surface area contributed by atoms with Crippen LogP contribution in [0.4, 0.5) is 0 Å². The summed E-state index contributed by atoms with van der Waals surface area (Å²) in [6.07, 6.45) is 2.47. The van der Waals surface area contributed by atoms with E-state index in [9.17, 15) is 0 Å². The SMILES string of the molecule is C=C1[C@@H]2C[C@H]([C@@H](Cl)C2)C1(C)C. The van der Waals surface area contributed by atoms with Crippen LogP contribution in [0.25, 0.3) is 0 Å². The lowest BCUT2D eigenvalue weighted by molar-refractivity contribution is 0.294. The van der Waals surface area contributed by atoms with Crippen LogP contribution in [0, 0.1) is 17.3 Å². The van der Waals surface area contributed by atoms with E-state index in [-0.39, 0.29) is 0 Å². The maximum absolute atomic E-state index is 6.22. The molecule has 3 atom stereocenters. The first kappa shape index (κ1) is 7.67. The molecule has 2 saturated carbocycles. The van der Waals surface area contributed by atoms with Gasteiger partial charge in [0.15, 0.2) is 0 Å². The van der Waals surface area contributed by atoms with Crippen molar-refractivity contribution in [1.29, 1.82) is 0 Å². The second kappa shape index (κ2) is 2.04. The molecule has 0 aromatic heterocycles. The highest BCUT2D eigenvalue weighted by Crippen LogP contribution is 2.59. The second-order valence-corrected chi connectivity index (χ2v) is 5.10. The van der Waals surface area contributed by atoms with Gasteiger partial charge in [-0.1, -0.05) is 26.0 Å². The highest BCUT2D eigenvalue weighted by molar-refractivity contribution is 6.21. The van der Waals surface area contributed by atoms with Crippen LogP contribution >= 0.6 is 11.6 Å². The molecule has 0 aromatic carbocycles. The number of fused-ring (bicyclic) bond motifs is 2. The van der Waals surface area contributed by atoms with Crippen LogP contribution in [0.1, 0.15) is 26.7 Å². The monoisotopic (exact) mass is 170 g/mol. The van der Waals surface area contributed by atoms with Crippen LogP contribution in [0.5, 0.6) is 0 Å². The fourth-order valence-electron chi connectivity index (χ4n) is 2.78. The summed E-state index contributed by atoms with van der Waals surface area (Å²) >= 11 is 6.22. The largest absolute Gasteiger partial charge is 0.123 e. The van der Waals surface area contributed by atoms with Crippen molar-refractivity contribution < 1.29 is 0 Å². The summed E-state index contributed by atoms with van der Waals surface area (Å²) in [7, 11) is 0. The molecule has 0 saturated heterocycles. The Hall–Kier alpha value is 0.0300. The lowest BCUT2D eigenvalue weighted by atomic mass is 9.73. The van der Waals surface area contributed by atoms with Crippen LogP contribution < -0.4 is 0 Å². The van der Waals surface area contributed by atoms with Gasteiger partial charge in [-0.2, -0.15) is 0 Å². The van der Waals surface area contributed by atoms with Crippen LogP contribution in [-0.2, 0) is 0 Å². The van der Waals surface area contributed by atoms with E-state index in [2.05, 4.69) is 20.4 Å². The van der Waals surface area contributed by atoms with Crippen molar-refractivity contribution in [2.45, 2.75) is 32.1 Å². The first-order valence-corrected chi connectivity index (χ1v) is 4.80. The van der Waals surface area contributed by atoms with E-state index in [0.29, 0.717) is 16.7 Å². The molecule has 0 aromatic rings. The Bertz CT molecular complexity index is 205. The summed E-state index contributed by atoms with van der Waals surface area (Å²) in [6, 6.07) is 0. The predicted molar refractivity (Wildman–Crippen MR) is 48.8 cm³/mol. The molecule has 0 N–H and O–H groups in total. The molecule has 0 amide bonds. The van der Waals surface area contributed by atoms with Crippen LogP contribution in [0.3, 0.4) is 0 Å². The van der Waals surface area contributed by atoms with Crippen molar-refractivity contribution in [2.24, 2.45) is 17.3 Å². The summed E-state index contributed by atoms with van der Waals surface area (Å²) in [6.45, 7) is 8.74. The van der Waals surface area contributed by atoms with E-state index in [1.165, 1.54) is 18.4 Å². The summed E-state index contributed by atoms with van der Waals surface area (Å²) in [5.41, 5.74) is 1.76. The molecule has 0 unspecified atom stereocenters. The molecule has 0 heterocycles. The zero-order valence-electron chi connectivity index (χ0n) is 7.23. The third kappa shape index (κ3) is 0.823. The van der Waals surface area contributed by atoms with Crippen molar-refractivity contribution >= 4 is 11.6 Å². The van der Waals surface area contributed by atoms with Crippen LogP contribution in [-0.4, -0.2) is 5.38 Å². The van der Waals surface area contributed by atoms with Gasteiger partial charge in [0.05, 0.1) is 0 Å². The number of alkyl halides is 1.